The van der Waals surface area contributed by atoms with Crippen molar-refractivity contribution in [3.05, 3.63) is 0 Å². The van der Waals surface area contributed by atoms with Crippen molar-refractivity contribution in [3.63, 3.8) is 0 Å². The van der Waals surface area contributed by atoms with Gasteiger partial charge in [0.1, 0.15) is 0 Å². The molecule has 2 saturated carbocycles. The Morgan fingerprint density at radius 2 is 1.93 bits per heavy atom. The van der Waals surface area contributed by atoms with Gasteiger partial charge in [0, 0.05) is 12.0 Å². The van der Waals surface area contributed by atoms with Gasteiger partial charge in [0.15, 0.2) is 0 Å². The molecule has 14 heavy (non-hydrogen) atoms. The van der Waals surface area contributed by atoms with E-state index < -0.39 is 0 Å². The molecule has 0 aromatic rings. The van der Waals surface area contributed by atoms with Gasteiger partial charge < -0.3 is 10.8 Å². The molecule has 0 amide bonds. The SMILES string of the molecule is C[C@@H]1C[C@]1(CN)[C@H](O)C1CCCCC1. The molecule has 0 spiro atoms. The lowest BCUT2D eigenvalue weighted by atomic mass is 9.78. The summed E-state index contributed by atoms with van der Waals surface area (Å²) in [6.07, 6.45) is 7.41. The molecule has 3 atom stereocenters. The first-order valence-electron chi connectivity index (χ1n) is 6.09. The van der Waals surface area contributed by atoms with Crippen LogP contribution >= 0.6 is 0 Å². The zero-order chi connectivity index (χ0) is 10.2. The second-order valence-electron chi connectivity index (χ2n) is 5.39. The molecule has 0 bridgehead atoms. The van der Waals surface area contributed by atoms with Crippen LogP contribution in [-0.4, -0.2) is 17.8 Å². The van der Waals surface area contributed by atoms with Gasteiger partial charge in [-0.2, -0.15) is 0 Å². The number of aliphatic hydroxyl groups excluding tert-OH is 1. The monoisotopic (exact) mass is 197 g/mol. The zero-order valence-corrected chi connectivity index (χ0v) is 9.21. The van der Waals surface area contributed by atoms with Crippen molar-refractivity contribution in [1.29, 1.82) is 0 Å². The Morgan fingerprint density at radius 1 is 1.36 bits per heavy atom. The lowest BCUT2D eigenvalue weighted by Crippen LogP contribution is -2.38. The molecule has 0 unspecified atom stereocenters. The van der Waals surface area contributed by atoms with E-state index >= 15 is 0 Å². The Morgan fingerprint density at radius 3 is 2.36 bits per heavy atom. The third kappa shape index (κ3) is 1.59. The van der Waals surface area contributed by atoms with Crippen molar-refractivity contribution in [2.24, 2.45) is 23.0 Å². The van der Waals surface area contributed by atoms with Gasteiger partial charge in [-0.15, -0.1) is 0 Å². The van der Waals surface area contributed by atoms with E-state index in [0.717, 1.165) is 6.42 Å². The summed E-state index contributed by atoms with van der Waals surface area (Å²) in [4.78, 5) is 0. The van der Waals surface area contributed by atoms with E-state index in [1.807, 2.05) is 0 Å². The summed E-state index contributed by atoms with van der Waals surface area (Å²) in [6.45, 7) is 2.89. The smallest absolute Gasteiger partial charge is 0.0639 e. The number of rotatable bonds is 3. The van der Waals surface area contributed by atoms with Crippen LogP contribution in [0.15, 0.2) is 0 Å². The third-order valence-corrected chi connectivity index (χ3v) is 4.57. The van der Waals surface area contributed by atoms with Crippen LogP contribution in [0.1, 0.15) is 45.4 Å². The topological polar surface area (TPSA) is 46.2 Å². The fraction of sp³-hybridized carbons (Fsp3) is 1.00. The van der Waals surface area contributed by atoms with E-state index in [1.165, 1.54) is 32.1 Å². The largest absolute Gasteiger partial charge is 0.392 e. The number of aliphatic hydroxyl groups is 1. The van der Waals surface area contributed by atoms with Crippen molar-refractivity contribution < 1.29 is 5.11 Å². The summed E-state index contributed by atoms with van der Waals surface area (Å²) in [5.41, 5.74) is 5.91. The molecule has 0 radical (unpaired) electrons. The highest BCUT2D eigenvalue weighted by molar-refractivity contribution is 5.07. The molecule has 2 rings (SSSR count). The molecule has 0 aliphatic heterocycles. The van der Waals surface area contributed by atoms with Gasteiger partial charge >= 0.3 is 0 Å². The van der Waals surface area contributed by atoms with E-state index in [2.05, 4.69) is 6.92 Å². The molecule has 0 saturated heterocycles. The highest BCUT2D eigenvalue weighted by Gasteiger charge is 2.56. The van der Waals surface area contributed by atoms with E-state index in [0.29, 0.717) is 18.4 Å². The van der Waals surface area contributed by atoms with E-state index in [4.69, 9.17) is 5.73 Å². The molecule has 0 aromatic heterocycles. The maximum absolute atomic E-state index is 10.4. The molecule has 2 nitrogen and oxygen atoms in total. The molecule has 0 aromatic carbocycles. The predicted molar refractivity (Wildman–Crippen MR) is 57.9 cm³/mol. The molecule has 82 valence electrons. The van der Waals surface area contributed by atoms with Gasteiger partial charge in [-0.3, -0.25) is 0 Å². The van der Waals surface area contributed by atoms with Crippen LogP contribution in [0.5, 0.6) is 0 Å². The summed E-state index contributed by atoms with van der Waals surface area (Å²) in [5, 5.41) is 10.4. The second kappa shape index (κ2) is 3.82. The van der Waals surface area contributed by atoms with Gasteiger partial charge in [-0.25, -0.2) is 0 Å². The quantitative estimate of drug-likeness (QED) is 0.726. The Balaban J connectivity index is 1.96. The minimum absolute atomic E-state index is 0.0992. The Kier molecular flexibility index (Phi) is 2.85. The average molecular weight is 197 g/mol. The van der Waals surface area contributed by atoms with E-state index in [-0.39, 0.29) is 11.5 Å². The Hall–Kier alpha value is -0.0800. The lowest BCUT2D eigenvalue weighted by molar-refractivity contribution is 0.0182. The number of hydrogen-bond acceptors (Lipinski definition) is 2. The van der Waals surface area contributed by atoms with Crippen LogP contribution in [0.4, 0.5) is 0 Å². The van der Waals surface area contributed by atoms with E-state index in [9.17, 15) is 5.11 Å². The maximum Gasteiger partial charge on any atom is 0.0639 e. The van der Waals surface area contributed by atoms with E-state index in [1.54, 1.807) is 0 Å². The highest BCUT2D eigenvalue weighted by Crippen LogP contribution is 2.56. The first-order chi connectivity index (χ1) is 6.70. The van der Waals surface area contributed by atoms with Crippen LogP contribution < -0.4 is 5.73 Å². The van der Waals surface area contributed by atoms with Crippen molar-refractivity contribution in [3.8, 4) is 0 Å². The Labute approximate surface area is 86.9 Å². The first kappa shape index (κ1) is 10.4. The summed E-state index contributed by atoms with van der Waals surface area (Å²) >= 11 is 0. The molecule has 2 aliphatic carbocycles. The predicted octanol–water partition coefficient (Wildman–Crippen LogP) is 1.91. The standard InChI is InChI=1S/C12H23NO/c1-9-7-12(9,8-13)11(14)10-5-3-2-4-6-10/h9-11,14H,2-8,13H2,1H3/t9-,11-,12-/m1/s1. The van der Waals surface area contributed by atoms with Crippen LogP contribution in [-0.2, 0) is 0 Å². The fourth-order valence-corrected chi connectivity index (χ4v) is 3.25. The van der Waals surface area contributed by atoms with Crippen LogP contribution in [0.25, 0.3) is 0 Å². The van der Waals surface area contributed by atoms with Crippen molar-refractivity contribution in [1.82, 2.24) is 0 Å². The highest BCUT2D eigenvalue weighted by atomic mass is 16.3. The van der Waals surface area contributed by atoms with Gasteiger partial charge in [0.05, 0.1) is 6.10 Å². The van der Waals surface area contributed by atoms with Gasteiger partial charge in [0.25, 0.3) is 0 Å². The maximum atomic E-state index is 10.4. The minimum atomic E-state index is -0.122. The molecule has 2 fully saturated rings. The van der Waals surface area contributed by atoms with Gasteiger partial charge in [0.2, 0.25) is 0 Å². The normalized spacial score (nSPS) is 40.9. The van der Waals surface area contributed by atoms with Crippen LogP contribution in [0, 0.1) is 17.3 Å². The fourth-order valence-electron chi connectivity index (χ4n) is 3.25. The first-order valence-corrected chi connectivity index (χ1v) is 6.09. The molecular weight excluding hydrogens is 174 g/mol. The summed E-state index contributed by atoms with van der Waals surface area (Å²) < 4.78 is 0. The third-order valence-electron chi connectivity index (χ3n) is 4.57. The molecule has 3 N–H and O–H groups in total. The average Bonchev–Trinajstić information content (AvgIpc) is 2.91. The summed E-state index contributed by atoms with van der Waals surface area (Å²) in [6, 6.07) is 0. The molecule has 2 heteroatoms. The zero-order valence-electron chi connectivity index (χ0n) is 9.21. The molecule has 0 heterocycles. The second-order valence-corrected chi connectivity index (χ2v) is 5.39. The van der Waals surface area contributed by atoms with Crippen molar-refractivity contribution >= 4 is 0 Å². The lowest BCUT2D eigenvalue weighted by Gasteiger charge is -2.32. The van der Waals surface area contributed by atoms with Crippen LogP contribution in [0.2, 0.25) is 0 Å². The minimum Gasteiger partial charge on any atom is -0.392 e. The summed E-state index contributed by atoms with van der Waals surface area (Å²) in [5.74, 6) is 1.18. The summed E-state index contributed by atoms with van der Waals surface area (Å²) in [7, 11) is 0. The number of nitrogens with two attached hydrogens (primary N) is 1. The Bertz CT molecular complexity index is 196. The molecule has 2 aliphatic rings. The van der Waals surface area contributed by atoms with Gasteiger partial charge in [-0.05, 0) is 31.1 Å². The van der Waals surface area contributed by atoms with Crippen LogP contribution in [0.3, 0.4) is 0 Å². The number of hydrogen-bond donors (Lipinski definition) is 2. The molecular formula is C12H23NO. The van der Waals surface area contributed by atoms with Crippen molar-refractivity contribution in [2.75, 3.05) is 6.54 Å². The van der Waals surface area contributed by atoms with Gasteiger partial charge in [-0.1, -0.05) is 26.2 Å². The van der Waals surface area contributed by atoms with Crippen molar-refractivity contribution in [2.45, 2.75) is 51.6 Å².